The quantitative estimate of drug-likeness (QED) is 0.509. The molecule has 0 atom stereocenters. The van der Waals surface area contributed by atoms with Gasteiger partial charge in [-0.15, -0.1) is 10.2 Å². The van der Waals surface area contributed by atoms with Crippen LogP contribution in [0, 0.1) is 0 Å². The summed E-state index contributed by atoms with van der Waals surface area (Å²) < 4.78 is 0. The lowest BCUT2D eigenvalue weighted by atomic mass is 10.1. The van der Waals surface area contributed by atoms with Crippen molar-refractivity contribution in [1.82, 2.24) is 15.4 Å². The van der Waals surface area contributed by atoms with E-state index in [1.54, 1.807) is 0 Å². The van der Waals surface area contributed by atoms with Crippen LogP contribution >= 0.6 is 0 Å². The van der Waals surface area contributed by atoms with Crippen molar-refractivity contribution < 1.29 is 19.5 Å². The van der Waals surface area contributed by atoms with Crippen LogP contribution in [0.5, 0.6) is 0 Å². The van der Waals surface area contributed by atoms with E-state index in [1.165, 1.54) is 0 Å². The number of carbonyl (C=O) groups is 3. The van der Waals surface area contributed by atoms with Crippen molar-refractivity contribution in [2.75, 3.05) is 0 Å². The molecule has 0 saturated heterocycles. The Labute approximate surface area is 82.1 Å². The zero-order valence-electron chi connectivity index (χ0n) is 7.17. The minimum absolute atomic E-state index is 0.616. The van der Waals surface area contributed by atoms with E-state index in [4.69, 9.17) is 16.6 Å². The highest BCUT2D eigenvalue weighted by Gasteiger charge is 2.25. The monoisotopic (exact) mass is 211 g/mol. The molecule has 5 N–H and O–H groups in total. The second kappa shape index (κ2) is 3.65. The van der Waals surface area contributed by atoms with Gasteiger partial charge in [0.1, 0.15) is 5.56 Å². The van der Waals surface area contributed by atoms with Crippen molar-refractivity contribution in [1.29, 1.82) is 0 Å². The Balaban J connectivity index is 3.56. The minimum Gasteiger partial charge on any atom is -0.476 e. The maximum Gasteiger partial charge on any atom is 0.357 e. The number of aromatic carboxylic acids is 1. The van der Waals surface area contributed by atoms with Gasteiger partial charge in [0.2, 0.25) is 0 Å². The molecule has 0 aliphatic carbocycles. The fourth-order valence-corrected chi connectivity index (χ4v) is 0.880. The summed E-state index contributed by atoms with van der Waals surface area (Å²) in [5.41, 5.74) is 7.70. The van der Waals surface area contributed by atoms with Crippen LogP contribution in [0.25, 0.3) is 0 Å². The van der Waals surface area contributed by atoms with Crippen LogP contribution in [-0.2, 0) is 0 Å². The molecule has 1 heterocycles. The van der Waals surface area contributed by atoms with E-state index in [0.29, 0.717) is 0 Å². The lowest BCUT2D eigenvalue weighted by Crippen LogP contribution is -2.27. The summed E-state index contributed by atoms with van der Waals surface area (Å²) in [6.45, 7) is 0. The van der Waals surface area contributed by atoms with Gasteiger partial charge in [0, 0.05) is 0 Å². The van der Waals surface area contributed by atoms with E-state index in [9.17, 15) is 14.4 Å². The van der Waals surface area contributed by atoms with Crippen LogP contribution in [0.2, 0.25) is 0 Å². The van der Waals surface area contributed by atoms with E-state index in [-0.39, 0.29) is 0 Å². The maximum absolute atomic E-state index is 10.9. The number of hydrogen-bond acceptors (Lipinski definition) is 6. The molecule has 1 rings (SSSR count). The van der Waals surface area contributed by atoms with Gasteiger partial charge in [0.25, 0.3) is 11.8 Å². The molecule has 0 aliphatic heterocycles. The number of primary amides is 2. The van der Waals surface area contributed by atoms with E-state index >= 15 is 0 Å². The van der Waals surface area contributed by atoms with Gasteiger partial charge >= 0.3 is 5.97 Å². The molecule has 1 aromatic rings. The first-order valence-corrected chi connectivity index (χ1v) is 3.51. The molecule has 0 radical (unpaired) electrons. The summed E-state index contributed by atoms with van der Waals surface area (Å²) in [6.07, 6.45) is 0. The second-order valence-electron chi connectivity index (χ2n) is 2.40. The molecule has 15 heavy (non-hydrogen) atoms. The number of amides is 2. The third kappa shape index (κ3) is 1.85. The van der Waals surface area contributed by atoms with Gasteiger partial charge in [-0.1, -0.05) is 0 Å². The Morgan fingerprint density at radius 2 is 1.53 bits per heavy atom. The van der Waals surface area contributed by atoms with Gasteiger partial charge in [-0.3, -0.25) is 9.59 Å². The molecule has 9 nitrogen and oxygen atoms in total. The molecule has 2 amide bonds. The van der Waals surface area contributed by atoms with Crippen molar-refractivity contribution in [3.63, 3.8) is 0 Å². The third-order valence-electron chi connectivity index (χ3n) is 1.45. The first kappa shape index (κ1) is 10.5. The second-order valence-corrected chi connectivity index (χ2v) is 2.40. The normalized spacial score (nSPS) is 9.60. The first-order chi connectivity index (χ1) is 6.95. The van der Waals surface area contributed by atoms with Gasteiger partial charge in [0.15, 0.2) is 11.4 Å². The molecule has 78 valence electrons. The molecular formula is C6H5N5O4. The number of nitrogens with zero attached hydrogens (tertiary/aromatic N) is 3. The Hall–Kier alpha value is -2.58. The largest absolute Gasteiger partial charge is 0.476 e. The predicted octanol–water partition coefficient (Wildman–Crippen LogP) is -2.23. The lowest BCUT2D eigenvalue weighted by Gasteiger charge is -2.02. The Kier molecular flexibility index (Phi) is 2.56. The molecule has 0 aromatic carbocycles. The van der Waals surface area contributed by atoms with Gasteiger partial charge in [-0.2, -0.15) is 0 Å². The van der Waals surface area contributed by atoms with Crippen LogP contribution < -0.4 is 11.5 Å². The van der Waals surface area contributed by atoms with E-state index < -0.39 is 34.7 Å². The maximum atomic E-state index is 10.9. The molecule has 0 unspecified atom stereocenters. The fraction of sp³-hybridized carbons (Fsp3) is 0. The highest BCUT2D eigenvalue weighted by atomic mass is 16.4. The highest BCUT2D eigenvalue weighted by Crippen LogP contribution is 2.07. The standard InChI is InChI=1S/C6H5N5O4/c7-4(12)1-2(5(8)13)9-11-10-3(1)6(14)15/h(H2,7,12)(H2,8,13)(H,14,15). The number of carboxylic acid groups (broad SMARTS) is 1. The van der Waals surface area contributed by atoms with Crippen molar-refractivity contribution in [3.8, 4) is 0 Å². The zero-order valence-corrected chi connectivity index (χ0v) is 7.17. The predicted molar refractivity (Wildman–Crippen MR) is 43.8 cm³/mol. The average molecular weight is 211 g/mol. The summed E-state index contributed by atoms with van der Waals surface area (Å²) in [4.78, 5) is 32.3. The minimum atomic E-state index is -1.55. The number of hydrogen-bond donors (Lipinski definition) is 3. The highest BCUT2D eigenvalue weighted by molar-refractivity contribution is 6.10. The first-order valence-electron chi connectivity index (χ1n) is 3.51. The van der Waals surface area contributed by atoms with Crippen LogP contribution in [-0.4, -0.2) is 38.3 Å². The van der Waals surface area contributed by atoms with Crippen molar-refractivity contribution in [2.45, 2.75) is 0 Å². The summed E-state index contributed by atoms with van der Waals surface area (Å²) in [5.74, 6) is -3.83. The summed E-state index contributed by atoms with van der Waals surface area (Å²) in [5, 5.41) is 17.8. The Morgan fingerprint density at radius 3 is 1.93 bits per heavy atom. The van der Waals surface area contributed by atoms with Crippen LogP contribution in [0.4, 0.5) is 0 Å². The van der Waals surface area contributed by atoms with Crippen LogP contribution in [0.15, 0.2) is 0 Å². The number of aromatic nitrogens is 3. The molecule has 0 saturated carbocycles. The zero-order chi connectivity index (χ0) is 11.6. The van der Waals surface area contributed by atoms with E-state index in [2.05, 4.69) is 15.4 Å². The van der Waals surface area contributed by atoms with Gasteiger partial charge < -0.3 is 16.6 Å². The summed E-state index contributed by atoms with van der Waals surface area (Å²) in [7, 11) is 0. The number of nitrogens with two attached hydrogens (primary N) is 2. The van der Waals surface area contributed by atoms with Gasteiger partial charge in [0.05, 0.1) is 0 Å². The Bertz CT molecular complexity index is 425. The van der Waals surface area contributed by atoms with Crippen LogP contribution in [0.3, 0.4) is 0 Å². The van der Waals surface area contributed by atoms with Crippen molar-refractivity contribution in [3.05, 3.63) is 17.0 Å². The molecule has 0 aliphatic rings. The number of carboxylic acids is 1. The van der Waals surface area contributed by atoms with Gasteiger partial charge in [-0.25, -0.2) is 4.79 Å². The number of carbonyl (C=O) groups excluding carboxylic acids is 2. The average Bonchev–Trinajstić information content (AvgIpc) is 2.16. The topological polar surface area (TPSA) is 162 Å². The molecule has 9 heteroatoms. The smallest absolute Gasteiger partial charge is 0.357 e. The lowest BCUT2D eigenvalue weighted by molar-refractivity contribution is 0.0683. The van der Waals surface area contributed by atoms with Gasteiger partial charge in [-0.05, 0) is 5.21 Å². The van der Waals surface area contributed by atoms with Crippen LogP contribution in [0.1, 0.15) is 31.3 Å². The van der Waals surface area contributed by atoms with E-state index in [0.717, 1.165) is 0 Å². The Morgan fingerprint density at radius 1 is 1.00 bits per heavy atom. The number of rotatable bonds is 3. The summed E-state index contributed by atoms with van der Waals surface area (Å²) >= 11 is 0. The molecular weight excluding hydrogens is 206 g/mol. The van der Waals surface area contributed by atoms with Crippen molar-refractivity contribution >= 4 is 17.8 Å². The fourth-order valence-electron chi connectivity index (χ4n) is 0.880. The van der Waals surface area contributed by atoms with Crippen molar-refractivity contribution in [2.24, 2.45) is 11.5 Å². The molecule has 1 aromatic heterocycles. The van der Waals surface area contributed by atoms with E-state index in [1.807, 2.05) is 0 Å². The third-order valence-corrected chi connectivity index (χ3v) is 1.45. The SMILES string of the molecule is NC(=O)c1nnnc(C(=O)O)c1C(N)=O. The molecule has 0 bridgehead atoms. The molecule has 0 fully saturated rings. The molecule has 0 spiro atoms. The summed E-state index contributed by atoms with van der Waals surface area (Å²) in [6, 6.07) is 0.